The SMILES string of the molecule is CON=C(C(=O)NC1C(=O)N2C(C(=O)OCOC(=O)C(C)(C)C)=C(Cl)CS[C@@H]12)c1csc(N)n1. The maximum absolute atomic E-state index is 12.8. The minimum atomic E-state index is -0.957. The molecule has 0 spiro atoms. The second kappa shape index (κ2) is 10.2. The summed E-state index contributed by atoms with van der Waals surface area (Å²) in [5.74, 6) is -2.55. The molecule has 0 radical (unpaired) electrons. The fraction of sp³-hybridized carbons (Fsp3) is 0.474. The second-order valence-electron chi connectivity index (χ2n) is 8.04. The van der Waals surface area contributed by atoms with Gasteiger partial charge in [-0.3, -0.25) is 19.3 Å². The van der Waals surface area contributed by atoms with E-state index < -0.39 is 47.4 Å². The van der Waals surface area contributed by atoms with Gasteiger partial charge in [-0.15, -0.1) is 23.1 Å². The molecule has 34 heavy (non-hydrogen) atoms. The summed E-state index contributed by atoms with van der Waals surface area (Å²) in [6, 6.07) is -0.957. The summed E-state index contributed by atoms with van der Waals surface area (Å²) in [7, 11) is 1.26. The van der Waals surface area contributed by atoms with Crippen molar-refractivity contribution < 1.29 is 33.5 Å². The van der Waals surface area contributed by atoms with Crippen LogP contribution >= 0.6 is 34.7 Å². The van der Waals surface area contributed by atoms with E-state index in [9.17, 15) is 19.2 Å². The first-order valence-corrected chi connectivity index (χ1v) is 12.1. The molecule has 1 aromatic heterocycles. The lowest BCUT2D eigenvalue weighted by molar-refractivity contribution is -0.173. The van der Waals surface area contributed by atoms with Gasteiger partial charge >= 0.3 is 11.9 Å². The molecule has 2 aliphatic heterocycles. The molecule has 1 fully saturated rings. The Morgan fingerprint density at radius 3 is 2.65 bits per heavy atom. The van der Waals surface area contributed by atoms with E-state index in [1.165, 1.54) is 24.3 Å². The van der Waals surface area contributed by atoms with Crippen LogP contribution in [0.4, 0.5) is 5.13 Å². The van der Waals surface area contributed by atoms with E-state index in [2.05, 4.69) is 15.5 Å². The first kappa shape index (κ1) is 25.8. The Bertz CT molecular complexity index is 1080. The number of aromatic nitrogens is 1. The predicted molar refractivity (Wildman–Crippen MR) is 124 cm³/mol. The highest BCUT2D eigenvalue weighted by Gasteiger charge is 2.54. The highest BCUT2D eigenvalue weighted by Crippen LogP contribution is 2.41. The van der Waals surface area contributed by atoms with Crippen LogP contribution in [0.3, 0.4) is 0 Å². The van der Waals surface area contributed by atoms with Crippen LogP contribution in [0.1, 0.15) is 26.5 Å². The maximum Gasteiger partial charge on any atom is 0.359 e. The van der Waals surface area contributed by atoms with Gasteiger partial charge in [0.15, 0.2) is 10.8 Å². The number of nitrogen functional groups attached to an aromatic ring is 1. The Kier molecular flexibility index (Phi) is 7.73. The number of nitrogens with one attached hydrogen (secondary N) is 1. The molecular formula is C19H22ClN5O7S2. The molecule has 3 heterocycles. The van der Waals surface area contributed by atoms with Crippen molar-refractivity contribution in [3.05, 3.63) is 21.8 Å². The minimum absolute atomic E-state index is 0.103. The summed E-state index contributed by atoms with van der Waals surface area (Å²) in [4.78, 5) is 59.9. The van der Waals surface area contributed by atoms with E-state index in [4.69, 9.17) is 31.6 Å². The van der Waals surface area contributed by atoms with Gasteiger partial charge < -0.3 is 25.4 Å². The van der Waals surface area contributed by atoms with Crippen molar-refractivity contribution in [2.45, 2.75) is 32.2 Å². The van der Waals surface area contributed by atoms with E-state index in [0.29, 0.717) is 0 Å². The molecule has 1 unspecified atom stereocenters. The Morgan fingerprint density at radius 1 is 1.35 bits per heavy atom. The average Bonchev–Trinajstić information content (AvgIpc) is 3.20. The third-order valence-electron chi connectivity index (χ3n) is 4.56. The zero-order valence-corrected chi connectivity index (χ0v) is 21.0. The number of nitrogens with two attached hydrogens (primary N) is 1. The zero-order valence-electron chi connectivity index (χ0n) is 18.6. The number of oxime groups is 1. The summed E-state index contributed by atoms with van der Waals surface area (Å²) in [5, 5.41) is 7.52. The van der Waals surface area contributed by atoms with Gasteiger partial charge in [-0.05, 0) is 20.8 Å². The van der Waals surface area contributed by atoms with Crippen LogP contribution in [0.25, 0.3) is 0 Å². The average molecular weight is 532 g/mol. The van der Waals surface area contributed by atoms with Crippen LogP contribution in [0, 0.1) is 5.41 Å². The van der Waals surface area contributed by atoms with Gasteiger partial charge in [-0.1, -0.05) is 16.8 Å². The Balaban J connectivity index is 1.66. The predicted octanol–water partition coefficient (Wildman–Crippen LogP) is 1.02. The number of hydrogen-bond donors (Lipinski definition) is 2. The molecule has 12 nitrogen and oxygen atoms in total. The highest BCUT2D eigenvalue weighted by atomic mass is 35.5. The van der Waals surface area contributed by atoms with Crippen molar-refractivity contribution >= 4 is 69.3 Å². The van der Waals surface area contributed by atoms with Gasteiger partial charge in [0.05, 0.1) is 10.4 Å². The first-order valence-electron chi connectivity index (χ1n) is 9.76. The van der Waals surface area contributed by atoms with Crippen molar-refractivity contribution in [1.29, 1.82) is 0 Å². The second-order valence-corrected chi connectivity index (χ2v) is 10.5. The number of amides is 2. The summed E-state index contributed by atoms with van der Waals surface area (Å²) in [5.41, 5.74) is 4.72. The van der Waals surface area contributed by atoms with E-state index in [1.54, 1.807) is 20.8 Å². The molecule has 1 saturated heterocycles. The molecule has 2 amide bonds. The van der Waals surface area contributed by atoms with Gasteiger partial charge in [0, 0.05) is 11.1 Å². The molecule has 2 aliphatic rings. The zero-order chi connectivity index (χ0) is 25.2. The van der Waals surface area contributed by atoms with Crippen molar-refractivity contribution in [2.24, 2.45) is 10.6 Å². The van der Waals surface area contributed by atoms with Crippen LogP contribution in [-0.2, 0) is 33.5 Å². The van der Waals surface area contributed by atoms with Gasteiger partial charge in [-0.2, -0.15) is 0 Å². The monoisotopic (exact) mass is 531 g/mol. The largest absolute Gasteiger partial charge is 0.427 e. The van der Waals surface area contributed by atoms with E-state index in [1.807, 2.05) is 0 Å². The van der Waals surface area contributed by atoms with Gasteiger partial charge in [-0.25, -0.2) is 9.78 Å². The fourth-order valence-corrected chi connectivity index (χ4v) is 4.99. The van der Waals surface area contributed by atoms with E-state index in [0.717, 1.165) is 16.2 Å². The van der Waals surface area contributed by atoms with Crippen molar-refractivity contribution in [2.75, 3.05) is 25.4 Å². The van der Waals surface area contributed by atoms with Gasteiger partial charge in [0.1, 0.15) is 29.9 Å². The number of carbonyl (C=O) groups is 4. The molecule has 2 atom stereocenters. The van der Waals surface area contributed by atoms with Gasteiger partial charge in [0.2, 0.25) is 6.79 Å². The third kappa shape index (κ3) is 5.28. The topological polar surface area (TPSA) is 163 Å². The first-order chi connectivity index (χ1) is 16.0. The Morgan fingerprint density at radius 2 is 2.06 bits per heavy atom. The van der Waals surface area contributed by atoms with Crippen LogP contribution < -0.4 is 11.1 Å². The number of fused-ring (bicyclic) bond motifs is 1. The molecule has 0 bridgehead atoms. The number of rotatable bonds is 7. The van der Waals surface area contributed by atoms with Gasteiger partial charge in [0.25, 0.3) is 11.8 Å². The lowest BCUT2D eigenvalue weighted by Gasteiger charge is -2.49. The normalized spacial score (nSPS) is 20.3. The molecule has 1 aromatic rings. The Labute approximate surface area is 207 Å². The number of nitrogens with zero attached hydrogens (tertiary/aromatic N) is 3. The Hall–Kier alpha value is -2.84. The highest BCUT2D eigenvalue weighted by molar-refractivity contribution is 8.00. The number of ether oxygens (including phenoxy) is 2. The summed E-state index contributed by atoms with van der Waals surface area (Å²) >= 11 is 8.56. The maximum atomic E-state index is 12.8. The summed E-state index contributed by atoms with van der Waals surface area (Å²) in [6.45, 7) is 4.33. The number of thiazole rings is 1. The van der Waals surface area contributed by atoms with E-state index in [-0.39, 0.29) is 33.0 Å². The molecule has 3 rings (SSSR count). The lowest BCUT2D eigenvalue weighted by Crippen LogP contribution is -2.71. The van der Waals surface area contributed by atoms with Crippen molar-refractivity contribution in [3.63, 3.8) is 0 Å². The van der Waals surface area contributed by atoms with E-state index >= 15 is 0 Å². The fourth-order valence-electron chi connectivity index (χ4n) is 2.90. The summed E-state index contributed by atoms with van der Waals surface area (Å²) in [6.07, 6.45) is 0. The number of β-lactam (4-membered cyclic amide) rings is 1. The van der Waals surface area contributed by atoms with Crippen LogP contribution in [-0.4, -0.2) is 70.4 Å². The molecule has 184 valence electrons. The van der Waals surface area contributed by atoms with Crippen LogP contribution in [0.2, 0.25) is 0 Å². The number of esters is 2. The minimum Gasteiger partial charge on any atom is -0.427 e. The van der Waals surface area contributed by atoms with Crippen LogP contribution in [0.15, 0.2) is 21.3 Å². The molecule has 0 saturated carbocycles. The molecule has 0 aliphatic carbocycles. The molecular weight excluding hydrogens is 510 g/mol. The number of thioether (sulfide) groups is 1. The lowest BCUT2D eigenvalue weighted by atomic mass is 9.98. The standard InChI is InChI=1S/C19H22ClN5O7S2/c1-19(2,3)17(29)32-7-31-16(28)12-8(20)5-33-15-11(14(27)25(12)15)23-13(26)10(24-30-4)9-6-34-18(21)22-9/h6,11,15H,5,7H2,1-4H3,(H2,21,22)(H,23,26)/t11?,15-/m0/s1. The number of carbonyl (C=O) groups excluding carboxylic acids is 4. The molecule has 0 aromatic carbocycles. The quantitative estimate of drug-likeness (QED) is 0.171. The summed E-state index contributed by atoms with van der Waals surface area (Å²) < 4.78 is 9.92. The van der Waals surface area contributed by atoms with Crippen LogP contribution in [0.5, 0.6) is 0 Å². The number of anilines is 1. The van der Waals surface area contributed by atoms with Crippen molar-refractivity contribution in [1.82, 2.24) is 15.2 Å². The third-order valence-corrected chi connectivity index (χ3v) is 6.98. The number of hydrogen-bond acceptors (Lipinski definition) is 12. The number of halogens is 1. The molecule has 15 heteroatoms. The van der Waals surface area contributed by atoms with Crippen molar-refractivity contribution in [3.8, 4) is 0 Å². The molecule has 3 N–H and O–H groups in total. The smallest absolute Gasteiger partial charge is 0.359 e.